The molecule has 17 heavy (non-hydrogen) atoms. The molecular formula is C15H32N2. The van der Waals surface area contributed by atoms with Gasteiger partial charge >= 0.3 is 0 Å². The van der Waals surface area contributed by atoms with Crippen LogP contribution in [0.4, 0.5) is 0 Å². The van der Waals surface area contributed by atoms with Crippen molar-refractivity contribution in [1.82, 2.24) is 5.32 Å². The summed E-state index contributed by atoms with van der Waals surface area (Å²) in [7, 11) is 0. The van der Waals surface area contributed by atoms with E-state index < -0.39 is 0 Å². The van der Waals surface area contributed by atoms with Gasteiger partial charge in [0, 0.05) is 12.1 Å². The maximum atomic E-state index is 6.02. The van der Waals surface area contributed by atoms with Crippen molar-refractivity contribution in [3.05, 3.63) is 0 Å². The molecule has 0 amide bonds. The topological polar surface area (TPSA) is 38.0 Å². The molecule has 2 heteroatoms. The molecule has 1 aliphatic rings. The van der Waals surface area contributed by atoms with Crippen molar-refractivity contribution >= 4 is 0 Å². The fraction of sp³-hybridized carbons (Fsp3) is 1.00. The van der Waals surface area contributed by atoms with Gasteiger partial charge in [0.05, 0.1) is 0 Å². The summed E-state index contributed by atoms with van der Waals surface area (Å²) >= 11 is 0. The van der Waals surface area contributed by atoms with Crippen molar-refractivity contribution in [1.29, 1.82) is 0 Å². The highest BCUT2D eigenvalue weighted by Crippen LogP contribution is 2.29. The number of nitrogens with one attached hydrogen (secondary N) is 1. The molecule has 0 aromatic carbocycles. The van der Waals surface area contributed by atoms with Crippen LogP contribution < -0.4 is 11.1 Å². The molecule has 1 saturated carbocycles. The minimum atomic E-state index is 0.194. The van der Waals surface area contributed by atoms with Gasteiger partial charge < -0.3 is 11.1 Å². The van der Waals surface area contributed by atoms with E-state index in [0.29, 0.717) is 0 Å². The average Bonchev–Trinajstić information content (AvgIpc) is 2.30. The maximum absolute atomic E-state index is 6.02. The fourth-order valence-corrected chi connectivity index (χ4v) is 2.78. The molecule has 0 bridgehead atoms. The van der Waals surface area contributed by atoms with E-state index in [9.17, 15) is 0 Å². The lowest BCUT2D eigenvalue weighted by molar-refractivity contribution is 0.229. The molecule has 0 aliphatic heterocycles. The van der Waals surface area contributed by atoms with Crippen molar-refractivity contribution in [2.75, 3.05) is 13.1 Å². The summed E-state index contributed by atoms with van der Waals surface area (Å²) in [6.07, 6.45) is 9.34. The third kappa shape index (κ3) is 4.59. The van der Waals surface area contributed by atoms with Crippen molar-refractivity contribution in [2.24, 2.45) is 17.6 Å². The van der Waals surface area contributed by atoms with Gasteiger partial charge in [-0.2, -0.15) is 0 Å². The number of rotatable bonds is 9. The van der Waals surface area contributed by atoms with E-state index in [2.05, 4.69) is 26.1 Å². The van der Waals surface area contributed by atoms with Crippen LogP contribution in [0.1, 0.15) is 65.7 Å². The Hall–Kier alpha value is -0.0800. The lowest BCUT2D eigenvalue weighted by Gasteiger charge is -2.36. The van der Waals surface area contributed by atoms with Crippen molar-refractivity contribution in [3.63, 3.8) is 0 Å². The van der Waals surface area contributed by atoms with Gasteiger partial charge in [-0.05, 0) is 37.6 Å². The normalized spacial score (nSPS) is 21.9. The van der Waals surface area contributed by atoms with E-state index >= 15 is 0 Å². The average molecular weight is 240 g/mol. The van der Waals surface area contributed by atoms with E-state index in [4.69, 9.17) is 5.73 Å². The van der Waals surface area contributed by atoms with Gasteiger partial charge in [0.2, 0.25) is 0 Å². The van der Waals surface area contributed by atoms with Crippen LogP contribution in [0.15, 0.2) is 0 Å². The molecule has 102 valence electrons. The first-order valence-electron chi connectivity index (χ1n) is 7.61. The predicted octanol–water partition coefficient (Wildman–Crippen LogP) is 3.31. The fourth-order valence-electron chi connectivity index (χ4n) is 2.78. The molecule has 3 N–H and O–H groups in total. The summed E-state index contributed by atoms with van der Waals surface area (Å²) in [6.45, 7) is 8.82. The second kappa shape index (κ2) is 7.38. The molecule has 0 aromatic heterocycles. The molecule has 1 aliphatic carbocycles. The quantitative estimate of drug-likeness (QED) is 0.649. The smallest absolute Gasteiger partial charge is 0.0303 e. The van der Waals surface area contributed by atoms with Crippen molar-refractivity contribution < 1.29 is 0 Å². The SMILES string of the molecule is CCC(C)CC(CC)(CN)NCCC1CCC1. The summed E-state index contributed by atoms with van der Waals surface area (Å²) < 4.78 is 0. The van der Waals surface area contributed by atoms with Crippen LogP contribution in [0.5, 0.6) is 0 Å². The number of hydrogen-bond acceptors (Lipinski definition) is 2. The first kappa shape index (κ1) is 15.0. The zero-order chi connectivity index (χ0) is 12.7. The molecule has 2 unspecified atom stereocenters. The van der Waals surface area contributed by atoms with E-state index in [0.717, 1.165) is 31.3 Å². The van der Waals surface area contributed by atoms with Crippen LogP contribution in [0.25, 0.3) is 0 Å². The Morgan fingerprint density at radius 3 is 2.47 bits per heavy atom. The van der Waals surface area contributed by atoms with E-state index in [1.165, 1.54) is 38.5 Å². The standard InChI is InChI=1S/C15H32N2/c1-4-13(3)11-15(5-2,12-16)17-10-9-14-7-6-8-14/h13-14,17H,4-12,16H2,1-3H3. The third-order valence-electron chi connectivity index (χ3n) is 4.78. The molecule has 0 radical (unpaired) electrons. The van der Waals surface area contributed by atoms with Gasteiger partial charge in [-0.1, -0.05) is 46.5 Å². The zero-order valence-electron chi connectivity index (χ0n) is 12.1. The van der Waals surface area contributed by atoms with Gasteiger partial charge in [0.15, 0.2) is 0 Å². The Morgan fingerprint density at radius 2 is 2.06 bits per heavy atom. The Kier molecular flexibility index (Phi) is 6.50. The molecule has 1 rings (SSSR count). The van der Waals surface area contributed by atoms with Gasteiger partial charge in [0.1, 0.15) is 0 Å². The van der Waals surface area contributed by atoms with Crippen molar-refractivity contribution in [3.8, 4) is 0 Å². The maximum Gasteiger partial charge on any atom is 0.0303 e. The lowest BCUT2D eigenvalue weighted by atomic mass is 9.81. The molecule has 2 nitrogen and oxygen atoms in total. The molecule has 2 atom stereocenters. The van der Waals surface area contributed by atoms with Gasteiger partial charge in [-0.25, -0.2) is 0 Å². The van der Waals surface area contributed by atoms with E-state index in [-0.39, 0.29) is 5.54 Å². The zero-order valence-corrected chi connectivity index (χ0v) is 12.1. The van der Waals surface area contributed by atoms with E-state index in [1.54, 1.807) is 0 Å². The van der Waals surface area contributed by atoms with Gasteiger partial charge in [0.25, 0.3) is 0 Å². The Labute approximate surface area is 108 Å². The first-order chi connectivity index (χ1) is 8.15. The number of hydrogen-bond donors (Lipinski definition) is 2. The molecule has 1 fully saturated rings. The monoisotopic (exact) mass is 240 g/mol. The van der Waals surface area contributed by atoms with Crippen LogP contribution >= 0.6 is 0 Å². The summed E-state index contributed by atoms with van der Waals surface area (Å²) in [5, 5.41) is 3.77. The summed E-state index contributed by atoms with van der Waals surface area (Å²) in [6, 6.07) is 0. The minimum Gasteiger partial charge on any atom is -0.329 e. The summed E-state index contributed by atoms with van der Waals surface area (Å²) in [5.74, 6) is 1.77. The molecule has 0 spiro atoms. The highest BCUT2D eigenvalue weighted by Gasteiger charge is 2.28. The Bertz CT molecular complexity index is 195. The molecule has 0 aromatic rings. The lowest BCUT2D eigenvalue weighted by Crippen LogP contribution is -2.52. The Balaban J connectivity index is 2.33. The third-order valence-corrected chi connectivity index (χ3v) is 4.78. The highest BCUT2D eigenvalue weighted by molar-refractivity contribution is 4.89. The number of nitrogens with two attached hydrogens (primary N) is 1. The van der Waals surface area contributed by atoms with Crippen LogP contribution in [-0.2, 0) is 0 Å². The summed E-state index contributed by atoms with van der Waals surface area (Å²) in [5.41, 5.74) is 6.22. The minimum absolute atomic E-state index is 0.194. The van der Waals surface area contributed by atoms with Crippen LogP contribution in [0, 0.1) is 11.8 Å². The van der Waals surface area contributed by atoms with Crippen LogP contribution in [0.3, 0.4) is 0 Å². The second-order valence-electron chi connectivity index (χ2n) is 6.07. The van der Waals surface area contributed by atoms with Gasteiger partial charge in [-0.15, -0.1) is 0 Å². The molecule has 0 saturated heterocycles. The predicted molar refractivity (Wildman–Crippen MR) is 76.1 cm³/mol. The highest BCUT2D eigenvalue weighted by atomic mass is 15.0. The van der Waals surface area contributed by atoms with Crippen LogP contribution in [0.2, 0.25) is 0 Å². The molecular weight excluding hydrogens is 208 g/mol. The van der Waals surface area contributed by atoms with Crippen molar-refractivity contribution in [2.45, 2.75) is 71.3 Å². The van der Waals surface area contributed by atoms with Crippen LogP contribution in [-0.4, -0.2) is 18.6 Å². The Morgan fingerprint density at radius 1 is 1.35 bits per heavy atom. The van der Waals surface area contributed by atoms with E-state index in [1.807, 2.05) is 0 Å². The first-order valence-corrected chi connectivity index (χ1v) is 7.61. The molecule has 0 heterocycles. The largest absolute Gasteiger partial charge is 0.329 e. The van der Waals surface area contributed by atoms with Gasteiger partial charge in [-0.3, -0.25) is 0 Å². The second-order valence-corrected chi connectivity index (χ2v) is 6.07. The summed E-state index contributed by atoms with van der Waals surface area (Å²) in [4.78, 5) is 0.